The van der Waals surface area contributed by atoms with Gasteiger partial charge in [-0.3, -0.25) is 0 Å². The Morgan fingerprint density at radius 1 is 0.567 bits per heavy atom. The first-order valence-electron chi connectivity index (χ1n) is 9.28. The second-order valence-electron chi connectivity index (χ2n) is 6.75. The summed E-state index contributed by atoms with van der Waals surface area (Å²) in [5.41, 5.74) is 0. The van der Waals surface area contributed by atoms with Crippen LogP contribution in [0.15, 0.2) is 84.9 Å². The molecule has 0 unspecified atom stereocenters. The molecule has 0 aliphatic heterocycles. The minimum absolute atomic E-state index is 0.188. The highest BCUT2D eigenvalue weighted by Gasteiger charge is 2.33. The summed E-state index contributed by atoms with van der Waals surface area (Å²) in [5, 5.41) is 23.7. The molecule has 0 saturated carbocycles. The Kier molecular flexibility index (Phi) is 5.43. The number of carbonyl (C=O) groups is 2. The van der Waals surface area contributed by atoms with Gasteiger partial charge in [0.25, 0.3) is 0 Å². The number of fused-ring (bicyclic) bond motifs is 2. The normalized spacial score (nSPS) is 13.0. The van der Waals surface area contributed by atoms with Gasteiger partial charge in [0, 0.05) is 0 Å². The number of hydrogen-bond donors (Lipinski definition) is 2. The van der Waals surface area contributed by atoms with Crippen molar-refractivity contribution >= 4 is 33.5 Å². The maximum Gasteiger partial charge on any atom is 0.343 e. The van der Waals surface area contributed by atoms with Gasteiger partial charge in [-0.1, -0.05) is 60.7 Å². The highest BCUT2D eigenvalue weighted by atomic mass is 16.6. The Morgan fingerprint density at radius 3 is 1.33 bits per heavy atom. The van der Waals surface area contributed by atoms with Gasteiger partial charge in [-0.25, -0.2) is 9.59 Å². The predicted octanol–water partition coefficient (Wildman–Crippen LogP) is 3.23. The van der Waals surface area contributed by atoms with Crippen molar-refractivity contribution in [2.45, 2.75) is 12.2 Å². The fraction of sp³-hybridized carbons (Fsp3) is 0.0833. The average Bonchev–Trinajstić information content (AvgIpc) is 2.77. The van der Waals surface area contributed by atoms with Crippen LogP contribution in [-0.4, -0.2) is 34.4 Å². The molecule has 0 aliphatic carbocycles. The fourth-order valence-electron chi connectivity index (χ4n) is 3.07. The van der Waals surface area contributed by atoms with E-state index in [9.17, 15) is 19.8 Å². The highest BCUT2D eigenvalue weighted by Crippen LogP contribution is 2.22. The summed E-state index contributed by atoms with van der Waals surface area (Å²) in [6, 6.07) is 24.8. The molecule has 4 aromatic carbocycles. The predicted molar refractivity (Wildman–Crippen MR) is 111 cm³/mol. The van der Waals surface area contributed by atoms with Gasteiger partial charge < -0.3 is 19.7 Å². The van der Waals surface area contributed by atoms with Crippen molar-refractivity contribution in [1.82, 2.24) is 0 Å². The van der Waals surface area contributed by atoms with Crippen LogP contribution in [0.3, 0.4) is 0 Å². The number of rotatable bonds is 5. The minimum atomic E-state index is -2.09. The Balaban J connectivity index is 1.42. The van der Waals surface area contributed by atoms with Crippen molar-refractivity contribution in [3.05, 3.63) is 84.9 Å². The first kappa shape index (κ1) is 19.6. The summed E-state index contributed by atoms with van der Waals surface area (Å²) < 4.78 is 10.2. The maximum absolute atomic E-state index is 12.2. The van der Waals surface area contributed by atoms with Crippen LogP contribution in [0.25, 0.3) is 21.5 Å². The number of carbonyl (C=O) groups excluding carboxylic acids is 2. The summed E-state index contributed by atoms with van der Waals surface area (Å²) >= 11 is 0. The van der Waals surface area contributed by atoms with Gasteiger partial charge in [0.1, 0.15) is 11.5 Å². The molecule has 2 atom stereocenters. The molecule has 0 heterocycles. The molecule has 4 rings (SSSR count). The van der Waals surface area contributed by atoms with E-state index in [1.165, 1.54) is 0 Å². The zero-order valence-corrected chi connectivity index (χ0v) is 15.8. The van der Waals surface area contributed by atoms with Gasteiger partial charge in [-0.2, -0.15) is 0 Å². The van der Waals surface area contributed by atoms with Crippen LogP contribution in [0, 0.1) is 0 Å². The lowest BCUT2D eigenvalue weighted by Crippen LogP contribution is -2.43. The topological polar surface area (TPSA) is 93.1 Å². The quantitative estimate of drug-likeness (QED) is 0.393. The second-order valence-corrected chi connectivity index (χ2v) is 6.75. The molecule has 30 heavy (non-hydrogen) atoms. The van der Waals surface area contributed by atoms with Crippen LogP contribution in [0.5, 0.6) is 11.5 Å². The first-order valence-corrected chi connectivity index (χ1v) is 9.28. The molecule has 0 bridgehead atoms. The van der Waals surface area contributed by atoms with Crippen LogP contribution < -0.4 is 9.47 Å². The number of hydrogen-bond acceptors (Lipinski definition) is 6. The van der Waals surface area contributed by atoms with E-state index in [1.807, 2.05) is 48.5 Å². The first-order chi connectivity index (χ1) is 14.5. The Hall–Kier alpha value is -3.74. The Bertz CT molecular complexity index is 1140. The smallest absolute Gasteiger partial charge is 0.343 e. The number of ether oxygens (including phenoxy) is 2. The molecule has 0 saturated heterocycles. The molecule has 150 valence electrons. The van der Waals surface area contributed by atoms with Crippen molar-refractivity contribution in [1.29, 1.82) is 0 Å². The molecule has 0 spiro atoms. The summed E-state index contributed by atoms with van der Waals surface area (Å²) in [7, 11) is 0. The summed E-state index contributed by atoms with van der Waals surface area (Å²) in [6.45, 7) is 0. The van der Waals surface area contributed by atoms with Gasteiger partial charge in [0.05, 0.1) is 0 Å². The van der Waals surface area contributed by atoms with Gasteiger partial charge >= 0.3 is 11.9 Å². The molecule has 0 aliphatic rings. The zero-order chi connectivity index (χ0) is 21.1. The van der Waals surface area contributed by atoms with Gasteiger partial charge in [-0.15, -0.1) is 0 Å². The van der Waals surface area contributed by atoms with E-state index >= 15 is 0 Å². The Morgan fingerprint density at radius 2 is 0.933 bits per heavy atom. The van der Waals surface area contributed by atoms with E-state index in [0.717, 1.165) is 21.5 Å². The standard InChI is InChI=1S/C24H18O6/c25-21(23(27)29-19-11-9-15-5-1-3-7-17(15)13-19)22(26)24(28)30-20-12-10-16-6-2-4-8-18(16)14-20/h1-14,21-22,25-26H/t21-,22-/m1/s1. The van der Waals surface area contributed by atoms with E-state index in [4.69, 9.17) is 9.47 Å². The lowest BCUT2D eigenvalue weighted by molar-refractivity contribution is -0.162. The number of esters is 2. The van der Waals surface area contributed by atoms with E-state index in [1.54, 1.807) is 36.4 Å². The monoisotopic (exact) mass is 402 g/mol. The third-order valence-electron chi connectivity index (χ3n) is 4.66. The molecular weight excluding hydrogens is 384 g/mol. The van der Waals surface area contributed by atoms with Crippen molar-refractivity contribution in [3.63, 3.8) is 0 Å². The molecule has 0 fully saturated rings. The molecule has 0 radical (unpaired) electrons. The van der Waals surface area contributed by atoms with Crippen LogP contribution in [0.1, 0.15) is 0 Å². The van der Waals surface area contributed by atoms with Crippen molar-refractivity contribution < 1.29 is 29.3 Å². The highest BCUT2D eigenvalue weighted by molar-refractivity contribution is 5.89. The van der Waals surface area contributed by atoms with Crippen LogP contribution in [-0.2, 0) is 9.59 Å². The van der Waals surface area contributed by atoms with Crippen LogP contribution in [0.4, 0.5) is 0 Å². The number of aliphatic hydroxyl groups is 2. The fourth-order valence-corrected chi connectivity index (χ4v) is 3.07. The zero-order valence-electron chi connectivity index (χ0n) is 15.8. The summed E-state index contributed by atoms with van der Waals surface area (Å²) in [4.78, 5) is 24.4. The largest absolute Gasteiger partial charge is 0.425 e. The van der Waals surface area contributed by atoms with Crippen molar-refractivity contribution in [2.75, 3.05) is 0 Å². The van der Waals surface area contributed by atoms with Crippen LogP contribution >= 0.6 is 0 Å². The molecule has 6 heteroatoms. The van der Waals surface area contributed by atoms with Gasteiger partial charge in [-0.05, 0) is 45.8 Å². The SMILES string of the molecule is O=C(Oc1ccc2ccccc2c1)[C@H](O)[C@@H](O)C(=O)Oc1ccc2ccccc2c1. The van der Waals surface area contributed by atoms with Gasteiger partial charge in [0.2, 0.25) is 0 Å². The van der Waals surface area contributed by atoms with Crippen LogP contribution in [0.2, 0.25) is 0 Å². The minimum Gasteiger partial charge on any atom is -0.425 e. The molecule has 2 N–H and O–H groups in total. The lowest BCUT2D eigenvalue weighted by Gasteiger charge is -2.16. The maximum atomic E-state index is 12.2. The lowest BCUT2D eigenvalue weighted by atomic mass is 10.1. The molecule has 0 aromatic heterocycles. The van der Waals surface area contributed by atoms with E-state index in [-0.39, 0.29) is 11.5 Å². The third kappa shape index (κ3) is 4.15. The molecule has 0 amide bonds. The average molecular weight is 402 g/mol. The van der Waals surface area contributed by atoms with E-state index in [2.05, 4.69) is 0 Å². The third-order valence-corrected chi connectivity index (χ3v) is 4.66. The van der Waals surface area contributed by atoms with E-state index < -0.39 is 24.1 Å². The molecular formula is C24H18O6. The molecule has 4 aromatic rings. The number of aliphatic hydroxyl groups excluding tert-OH is 2. The van der Waals surface area contributed by atoms with E-state index in [0.29, 0.717) is 0 Å². The molecule has 6 nitrogen and oxygen atoms in total. The summed E-state index contributed by atoms with van der Waals surface area (Å²) in [5.74, 6) is -1.94. The van der Waals surface area contributed by atoms with Gasteiger partial charge in [0.15, 0.2) is 12.2 Å². The second kappa shape index (κ2) is 8.32. The summed E-state index contributed by atoms with van der Waals surface area (Å²) in [6.07, 6.45) is -4.19. The van der Waals surface area contributed by atoms with Crippen molar-refractivity contribution in [2.24, 2.45) is 0 Å². The Labute approximate surface area is 171 Å². The van der Waals surface area contributed by atoms with Crippen molar-refractivity contribution in [3.8, 4) is 11.5 Å². The number of benzene rings is 4.